The van der Waals surface area contributed by atoms with Gasteiger partial charge in [0.2, 0.25) is 0 Å². The molecule has 0 aliphatic rings. The van der Waals surface area contributed by atoms with E-state index in [0.717, 1.165) is 26.7 Å². The molecule has 0 aromatic carbocycles. The zero-order valence-electron chi connectivity index (χ0n) is 12.7. The molecule has 3 aromatic heterocycles. The summed E-state index contributed by atoms with van der Waals surface area (Å²) in [5.74, 6) is 1.58. The SMILES string of the molecule is Cc1sc2nc(-c3cccs3)nc(N[C@@H](C)CC#N)c2c1C. The summed E-state index contributed by atoms with van der Waals surface area (Å²) in [6.45, 7) is 6.20. The number of nitriles is 1. The molecular weight excluding hydrogens is 312 g/mol. The Morgan fingerprint density at radius 3 is 2.86 bits per heavy atom. The summed E-state index contributed by atoms with van der Waals surface area (Å²) >= 11 is 3.33. The number of hydrogen-bond donors (Lipinski definition) is 1. The Morgan fingerprint density at radius 1 is 1.36 bits per heavy atom. The van der Waals surface area contributed by atoms with E-state index in [4.69, 9.17) is 15.2 Å². The average molecular weight is 328 g/mol. The lowest BCUT2D eigenvalue weighted by atomic mass is 10.2. The lowest BCUT2D eigenvalue weighted by Crippen LogP contribution is -2.15. The molecule has 0 fully saturated rings. The molecule has 0 saturated carbocycles. The highest BCUT2D eigenvalue weighted by Gasteiger charge is 2.17. The fraction of sp³-hybridized carbons (Fsp3) is 0.312. The van der Waals surface area contributed by atoms with Gasteiger partial charge in [-0.3, -0.25) is 0 Å². The van der Waals surface area contributed by atoms with Gasteiger partial charge in [0, 0.05) is 10.9 Å². The van der Waals surface area contributed by atoms with Crippen molar-refractivity contribution in [3.63, 3.8) is 0 Å². The predicted octanol–water partition coefficient (Wildman–Crippen LogP) is 4.75. The third kappa shape index (κ3) is 2.70. The second kappa shape index (κ2) is 6.03. The molecule has 3 rings (SSSR count). The molecule has 22 heavy (non-hydrogen) atoms. The maximum Gasteiger partial charge on any atom is 0.173 e. The molecule has 112 valence electrons. The van der Waals surface area contributed by atoms with Gasteiger partial charge in [-0.15, -0.1) is 22.7 Å². The van der Waals surface area contributed by atoms with Gasteiger partial charge >= 0.3 is 0 Å². The van der Waals surface area contributed by atoms with Crippen LogP contribution in [0.25, 0.3) is 20.9 Å². The van der Waals surface area contributed by atoms with Crippen molar-refractivity contribution in [1.29, 1.82) is 5.26 Å². The Labute approximate surface area is 137 Å². The number of anilines is 1. The monoisotopic (exact) mass is 328 g/mol. The summed E-state index contributed by atoms with van der Waals surface area (Å²) in [5.41, 5.74) is 1.21. The highest BCUT2D eigenvalue weighted by atomic mass is 32.1. The molecule has 3 aromatic rings. The van der Waals surface area contributed by atoms with Crippen LogP contribution in [0.1, 0.15) is 23.8 Å². The molecule has 0 radical (unpaired) electrons. The zero-order chi connectivity index (χ0) is 15.7. The van der Waals surface area contributed by atoms with Crippen LogP contribution in [0.2, 0.25) is 0 Å². The Hall–Kier alpha value is -1.97. The van der Waals surface area contributed by atoms with Gasteiger partial charge in [0.1, 0.15) is 10.6 Å². The van der Waals surface area contributed by atoms with Crippen LogP contribution in [-0.4, -0.2) is 16.0 Å². The second-order valence-corrected chi connectivity index (χ2v) is 7.40. The van der Waals surface area contributed by atoms with Crippen LogP contribution in [0.3, 0.4) is 0 Å². The maximum absolute atomic E-state index is 8.87. The number of rotatable bonds is 4. The van der Waals surface area contributed by atoms with Crippen molar-refractivity contribution in [2.45, 2.75) is 33.2 Å². The molecule has 0 aliphatic heterocycles. The molecule has 0 bridgehead atoms. The van der Waals surface area contributed by atoms with E-state index >= 15 is 0 Å². The lowest BCUT2D eigenvalue weighted by molar-refractivity contribution is 0.816. The minimum absolute atomic E-state index is 0.0545. The fourth-order valence-electron chi connectivity index (χ4n) is 2.29. The lowest BCUT2D eigenvalue weighted by Gasteiger charge is -2.13. The van der Waals surface area contributed by atoms with Crippen LogP contribution >= 0.6 is 22.7 Å². The first-order valence-electron chi connectivity index (χ1n) is 7.05. The van der Waals surface area contributed by atoms with Crippen molar-refractivity contribution >= 4 is 38.7 Å². The molecule has 6 heteroatoms. The van der Waals surface area contributed by atoms with E-state index in [0.29, 0.717) is 6.42 Å². The largest absolute Gasteiger partial charge is 0.366 e. The van der Waals surface area contributed by atoms with Gasteiger partial charge in [0.15, 0.2) is 5.82 Å². The Kier molecular flexibility index (Phi) is 4.10. The first-order chi connectivity index (χ1) is 10.6. The van der Waals surface area contributed by atoms with Gasteiger partial charge in [0.05, 0.1) is 22.8 Å². The van der Waals surface area contributed by atoms with Gasteiger partial charge in [0.25, 0.3) is 0 Å². The average Bonchev–Trinajstić information content (AvgIpc) is 3.08. The maximum atomic E-state index is 8.87. The van der Waals surface area contributed by atoms with E-state index in [2.05, 4.69) is 25.2 Å². The Bertz CT molecular complexity index is 843. The van der Waals surface area contributed by atoms with Crippen LogP contribution in [0.4, 0.5) is 5.82 Å². The van der Waals surface area contributed by atoms with Crippen molar-refractivity contribution in [1.82, 2.24) is 9.97 Å². The van der Waals surface area contributed by atoms with E-state index in [1.807, 2.05) is 24.4 Å². The molecule has 0 amide bonds. The van der Waals surface area contributed by atoms with Gasteiger partial charge in [-0.2, -0.15) is 5.26 Å². The van der Waals surface area contributed by atoms with E-state index in [9.17, 15) is 0 Å². The molecule has 1 atom stereocenters. The third-order valence-corrected chi connectivity index (χ3v) is 5.52. The van der Waals surface area contributed by atoms with Crippen LogP contribution in [-0.2, 0) is 0 Å². The number of aromatic nitrogens is 2. The summed E-state index contributed by atoms with van der Waals surface area (Å²) in [4.78, 5) is 12.8. The number of nitrogens with zero attached hydrogens (tertiary/aromatic N) is 3. The number of thiophene rings is 2. The standard InChI is InChI=1S/C16H16N4S2/c1-9(6-7-17)18-15-13-10(2)11(3)22-16(13)20-14(19-15)12-5-4-8-21-12/h4-5,8-9H,6H2,1-3H3,(H,18,19,20)/t9-/m0/s1. The van der Waals surface area contributed by atoms with Crippen molar-refractivity contribution in [3.8, 4) is 16.8 Å². The summed E-state index contributed by atoms with van der Waals surface area (Å²) in [7, 11) is 0. The number of nitrogens with one attached hydrogen (secondary N) is 1. The molecule has 4 nitrogen and oxygen atoms in total. The predicted molar refractivity (Wildman–Crippen MR) is 93.5 cm³/mol. The molecule has 0 unspecified atom stereocenters. The van der Waals surface area contributed by atoms with Gasteiger partial charge in [-0.05, 0) is 37.8 Å². The molecule has 1 N–H and O–H groups in total. The van der Waals surface area contributed by atoms with E-state index in [1.54, 1.807) is 22.7 Å². The van der Waals surface area contributed by atoms with Crippen LogP contribution < -0.4 is 5.32 Å². The fourth-order valence-corrected chi connectivity index (χ4v) is 3.98. The smallest absolute Gasteiger partial charge is 0.173 e. The molecule has 3 heterocycles. The van der Waals surface area contributed by atoms with Gasteiger partial charge in [-0.1, -0.05) is 6.07 Å². The first kappa shape index (κ1) is 14.9. The van der Waals surface area contributed by atoms with E-state index in [-0.39, 0.29) is 6.04 Å². The van der Waals surface area contributed by atoms with Crippen molar-refractivity contribution in [2.24, 2.45) is 0 Å². The third-order valence-electron chi connectivity index (χ3n) is 3.55. The van der Waals surface area contributed by atoms with Crippen molar-refractivity contribution in [2.75, 3.05) is 5.32 Å². The summed E-state index contributed by atoms with van der Waals surface area (Å²) in [5, 5.41) is 15.4. The topological polar surface area (TPSA) is 61.6 Å². The number of hydrogen-bond acceptors (Lipinski definition) is 6. The summed E-state index contributed by atoms with van der Waals surface area (Å²) < 4.78 is 0. The minimum Gasteiger partial charge on any atom is -0.366 e. The Morgan fingerprint density at radius 2 is 2.18 bits per heavy atom. The quantitative estimate of drug-likeness (QED) is 0.750. The molecule has 0 saturated heterocycles. The van der Waals surface area contributed by atoms with Crippen LogP contribution in [0.15, 0.2) is 17.5 Å². The zero-order valence-corrected chi connectivity index (χ0v) is 14.3. The minimum atomic E-state index is 0.0545. The second-order valence-electron chi connectivity index (χ2n) is 5.24. The van der Waals surface area contributed by atoms with Crippen molar-refractivity contribution in [3.05, 3.63) is 28.0 Å². The summed E-state index contributed by atoms with van der Waals surface area (Å²) in [6, 6.07) is 6.28. The molecular formula is C16H16N4S2. The highest BCUT2D eigenvalue weighted by molar-refractivity contribution is 7.19. The van der Waals surface area contributed by atoms with Gasteiger partial charge in [-0.25, -0.2) is 9.97 Å². The molecule has 0 spiro atoms. The van der Waals surface area contributed by atoms with Crippen LogP contribution in [0.5, 0.6) is 0 Å². The van der Waals surface area contributed by atoms with E-state index in [1.165, 1.54) is 10.4 Å². The first-order valence-corrected chi connectivity index (χ1v) is 8.75. The molecule has 0 aliphatic carbocycles. The van der Waals surface area contributed by atoms with E-state index < -0.39 is 0 Å². The highest BCUT2D eigenvalue weighted by Crippen LogP contribution is 2.36. The normalized spacial score (nSPS) is 12.3. The summed E-state index contributed by atoms with van der Waals surface area (Å²) in [6.07, 6.45) is 0.446. The van der Waals surface area contributed by atoms with Crippen LogP contribution in [0, 0.1) is 25.2 Å². The number of aryl methyl sites for hydroxylation is 2. The Balaban J connectivity index is 2.16. The van der Waals surface area contributed by atoms with Gasteiger partial charge < -0.3 is 5.32 Å². The van der Waals surface area contributed by atoms with Crippen molar-refractivity contribution < 1.29 is 0 Å². The number of fused-ring (bicyclic) bond motifs is 1.